The predicted molar refractivity (Wildman–Crippen MR) is 59.5 cm³/mol. The van der Waals surface area contributed by atoms with Crippen LogP contribution in [-0.4, -0.2) is 22.1 Å². The molecular formula is C9H13BrN2OS. The Morgan fingerprint density at radius 1 is 1.57 bits per heavy atom. The van der Waals surface area contributed by atoms with Crippen molar-refractivity contribution in [2.75, 3.05) is 6.61 Å². The van der Waals surface area contributed by atoms with Crippen LogP contribution < -0.4 is 0 Å². The van der Waals surface area contributed by atoms with Crippen molar-refractivity contribution in [2.45, 2.75) is 32.3 Å². The van der Waals surface area contributed by atoms with Crippen molar-refractivity contribution in [3.05, 3.63) is 9.74 Å². The second-order valence-corrected chi connectivity index (χ2v) is 5.12. The Kier molecular flexibility index (Phi) is 3.52. The molecule has 1 heterocycles. The molecule has 5 heteroatoms. The average Bonchev–Trinajstić information content (AvgIpc) is 2.48. The van der Waals surface area contributed by atoms with Gasteiger partial charge in [0, 0.05) is 13.0 Å². The normalized spacial score (nSPS) is 26.1. The number of nitrogens with zero attached hydrogens (tertiary/aromatic N) is 2. The molecular weight excluding hydrogens is 264 g/mol. The molecule has 1 aliphatic carbocycles. The summed E-state index contributed by atoms with van der Waals surface area (Å²) in [4.78, 5) is 4.29. The minimum atomic E-state index is 0.501. The lowest BCUT2D eigenvalue weighted by Gasteiger charge is -2.34. The molecule has 0 radical (unpaired) electrons. The largest absolute Gasteiger partial charge is 0.378 e. The van der Waals surface area contributed by atoms with Crippen molar-refractivity contribution in [3.63, 3.8) is 0 Å². The first kappa shape index (κ1) is 10.5. The fourth-order valence-corrected chi connectivity index (χ4v) is 2.98. The number of hydrogen-bond donors (Lipinski definition) is 0. The zero-order valence-corrected chi connectivity index (χ0v) is 10.5. The molecule has 1 saturated carbocycles. The van der Waals surface area contributed by atoms with E-state index in [1.165, 1.54) is 24.4 Å². The number of aromatic nitrogens is 2. The molecule has 3 nitrogen and oxygen atoms in total. The summed E-state index contributed by atoms with van der Waals surface area (Å²) in [6, 6.07) is 0. The molecule has 2 rings (SSSR count). The smallest absolute Gasteiger partial charge is 0.209 e. The zero-order valence-electron chi connectivity index (χ0n) is 8.07. The van der Waals surface area contributed by atoms with E-state index in [9.17, 15) is 0 Å². The molecule has 0 aromatic carbocycles. The van der Waals surface area contributed by atoms with E-state index in [0.29, 0.717) is 6.10 Å². The molecule has 0 aliphatic heterocycles. The second-order valence-electron chi connectivity index (χ2n) is 3.58. The molecule has 1 aromatic heterocycles. The van der Waals surface area contributed by atoms with Gasteiger partial charge < -0.3 is 4.74 Å². The van der Waals surface area contributed by atoms with Gasteiger partial charge in [0.05, 0.1) is 6.10 Å². The van der Waals surface area contributed by atoms with Gasteiger partial charge in [-0.15, -0.1) is 0 Å². The van der Waals surface area contributed by atoms with Crippen molar-refractivity contribution in [1.82, 2.24) is 9.36 Å². The lowest BCUT2D eigenvalue weighted by atomic mass is 9.80. The summed E-state index contributed by atoms with van der Waals surface area (Å²) in [6.45, 7) is 2.89. The Labute approximate surface area is 96.2 Å². The van der Waals surface area contributed by atoms with Crippen LogP contribution in [0.5, 0.6) is 0 Å². The molecule has 14 heavy (non-hydrogen) atoms. The molecule has 1 aliphatic rings. The van der Waals surface area contributed by atoms with E-state index in [-0.39, 0.29) is 0 Å². The van der Waals surface area contributed by atoms with Crippen molar-refractivity contribution in [3.8, 4) is 0 Å². The van der Waals surface area contributed by atoms with Crippen LogP contribution in [0.3, 0.4) is 0 Å². The van der Waals surface area contributed by atoms with Crippen molar-refractivity contribution in [1.29, 1.82) is 0 Å². The van der Waals surface area contributed by atoms with Gasteiger partial charge in [-0.25, -0.2) is 4.98 Å². The van der Waals surface area contributed by atoms with E-state index < -0.39 is 0 Å². The highest BCUT2D eigenvalue weighted by Gasteiger charge is 2.30. The summed E-state index contributed by atoms with van der Waals surface area (Å²) >= 11 is 4.76. The van der Waals surface area contributed by atoms with Gasteiger partial charge in [-0.05, 0) is 53.1 Å². The van der Waals surface area contributed by atoms with Crippen LogP contribution in [0.15, 0.2) is 4.73 Å². The van der Waals surface area contributed by atoms with Crippen LogP contribution in [-0.2, 0) is 11.2 Å². The third-order valence-electron chi connectivity index (χ3n) is 2.50. The Bertz CT molecular complexity index is 299. The monoisotopic (exact) mass is 276 g/mol. The van der Waals surface area contributed by atoms with E-state index in [1.807, 2.05) is 0 Å². The Morgan fingerprint density at radius 3 is 2.93 bits per heavy atom. The number of halogens is 1. The first-order valence-corrected chi connectivity index (χ1v) is 6.44. The predicted octanol–water partition coefficient (Wildman–Crippen LogP) is 2.66. The fraction of sp³-hybridized carbons (Fsp3) is 0.778. The summed E-state index contributed by atoms with van der Waals surface area (Å²) in [5.41, 5.74) is 0. The van der Waals surface area contributed by atoms with Gasteiger partial charge in [0.1, 0.15) is 5.01 Å². The van der Waals surface area contributed by atoms with Crippen molar-refractivity contribution < 1.29 is 4.74 Å². The van der Waals surface area contributed by atoms with E-state index in [1.54, 1.807) is 0 Å². The highest BCUT2D eigenvalue weighted by molar-refractivity contribution is 9.10. The standard InChI is InChI=1S/C9H13BrN2OS/c1-2-13-7-3-6(4-7)5-8-11-9(10)12-14-8/h6-7H,2-5H2,1H3. The number of hydrogen-bond acceptors (Lipinski definition) is 4. The van der Waals surface area contributed by atoms with Crippen molar-refractivity contribution >= 4 is 27.5 Å². The van der Waals surface area contributed by atoms with Gasteiger partial charge in [-0.1, -0.05) is 0 Å². The lowest BCUT2D eigenvalue weighted by molar-refractivity contribution is -0.0240. The van der Waals surface area contributed by atoms with Crippen LogP contribution in [0.1, 0.15) is 24.8 Å². The third kappa shape index (κ3) is 2.52. The average molecular weight is 277 g/mol. The maximum absolute atomic E-state index is 5.51. The number of ether oxygens (including phenoxy) is 1. The molecule has 78 valence electrons. The van der Waals surface area contributed by atoms with E-state index in [2.05, 4.69) is 32.2 Å². The van der Waals surface area contributed by atoms with Gasteiger partial charge >= 0.3 is 0 Å². The lowest BCUT2D eigenvalue weighted by Crippen LogP contribution is -2.32. The van der Waals surface area contributed by atoms with Gasteiger partial charge in [0.2, 0.25) is 4.73 Å². The number of rotatable bonds is 4. The molecule has 1 fully saturated rings. The first-order valence-electron chi connectivity index (χ1n) is 4.87. The molecule has 0 atom stereocenters. The Morgan fingerprint density at radius 2 is 2.36 bits per heavy atom. The second kappa shape index (κ2) is 4.68. The third-order valence-corrected chi connectivity index (χ3v) is 3.82. The summed E-state index contributed by atoms with van der Waals surface area (Å²) in [6.07, 6.45) is 3.93. The first-order chi connectivity index (χ1) is 6.78. The molecule has 0 N–H and O–H groups in total. The molecule has 1 aromatic rings. The maximum atomic E-state index is 5.51. The molecule has 0 spiro atoms. The molecule has 0 amide bonds. The van der Waals surface area contributed by atoms with Crippen LogP contribution in [0.2, 0.25) is 0 Å². The van der Waals surface area contributed by atoms with E-state index >= 15 is 0 Å². The molecule has 0 bridgehead atoms. The van der Waals surface area contributed by atoms with Crippen LogP contribution >= 0.6 is 27.5 Å². The SMILES string of the molecule is CCOC1CC(Cc2nc(Br)ns2)C1. The van der Waals surface area contributed by atoms with Gasteiger partial charge in [-0.2, -0.15) is 4.37 Å². The molecule has 0 saturated heterocycles. The highest BCUT2D eigenvalue weighted by atomic mass is 79.9. The van der Waals surface area contributed by atoms with E-state index in [0.717, 1.165) is 28.7 Å². The summed E-state index contributed by atoms with van der Waals surface area (Å²) in [5, 5.41) is 1.14. The maximum Gasteiger partial charge on any atom is 0.209 e. The topological polar surface area (TPSA) is 35.0 Å². The summed E-state index contributed by atoms with van der Waals surface area (Å²) in [5.74, 6) is 0.756. The van der Waals surface area contributed by atoms with Gasteiger partial charge in [-0.3, -0.25) is 0 Å². The quantitative estimate of drug-likeness (QED) is 0.848. The van der Waals surface area contributed by atoms with Crippen molar-refractivity contribution in [2.24, 2.45) is 5.92 Å². The van der Waals surface area contributed by atoms with E-state index in [4.69, 9.17) is 4.74 Å². The minimum absolute atomic E-state index is 0.501. The fourth-order valence-electron chi connectivity index (χ4n) is 1.78. The van der Waals surface area contributed by atoms with Gasteiger partial charge in [0.15, 0.2) is 0 Å². The van der Waals surface area contributed by atoms with Crippen LogP contribution in [0.25, 0.3) is 0 Å². The highest BCUT2D eigenvalue weighted by Crippen LogP contribution is 2.33. The zero-order chi connectivity index (χ0) is 9.97. The Balaban J connectivity index is 1.74. The Hall–Kier alpha value is -0.0000000000000000278. The summed E-state index contributed by atoms with van der Waals surface area (Å²) < 4.78 is 10.3. The van der Waals surface area contributed by atoms with Crippen LogP contribution in [0, 0.1) is 5.92 Å². The van der Waals surface area contributed by atoms with Gasteiger partial charge in [0.25, 0.3) is 0 Å². The summed E-state index contributed by atoms with van der Waals surface area (Å²) in [7, 11) is 0. The minimum Gasteiger partial charge on any atom is -0.378 e. The molecule has 0 unspecified atom stereocenters. The van der Waals surface area contributed by atoms with Crippen LogP contribution in [0.4, 0.5) is 0 Å².